The molecule has 0 saturated heterocycles. The Labute approximate surface area is 130 Å². The van der Waals surface area contributed by atoms with Crippen LogP contribution in [0, 0.1) is 11.3 Å². The molecule has 0 aliphatic heterocycles. The van der Waals surface area contributed by atoms with Crippen LogP contribution in [0.3, 0.4) is 0 Å². The molecule has 0 radical (unpaired) electrons. The monoisotopic (exact) mass is 294 g/mol. The molecule has 3 heteroatoms. The van der Waals surface area contributed by atoms with Gasteiger partial charge in [-0.25, -0.2) is 0 Å². The van der Waals surface area contributed by atoms with Crippen LogP contribution in [-0.4, -0.2) is 12.3 Å². The lowest BCUT2D eigenvalue weighted by Crippen LogP contribution is -2.47. The van der Waals surface area contributed by atoms with Crippen LogP contribution in [0.2, 0.25) is 0 Å². The highest BCUT2D eigenvalue weighted by atomic mass is 32.2. The van der Waals surface area contributed by atoms with E-state index in [9.17, 15) is 5.26 Å². The maximum Gasteiger partial charge on any atom is 0.0861 e. The van der Waals surface area contributed by atoms with Gasteiger partial charge >= 0.3 is 0 Å². The molecule has 2 nitrogen and oxygen atoms in total. The Morgan fingerprint density at radius 1 is 1.14 bits per heavy atom. The van der Waals surface area contributed by atoms with E-state index in [1.807, 2.05) is 18.2 Å². The van der Waals surface area contributed by atoms with E-state index in [4.69, 9.17) is 0 Å². The molecule has 2 aromatic rings. The first-order valence-electron chi connectivity index (χ1n) is 7.13. The Hall–Kier alpha value is -1.92. The second kappa shape index (κ2) is 5.83. The first-order valence-corrected chi connectivity index (χ1v) is 8.36. The van der Waals surface area contributed by atoms with Crippen LogP contribution in [0.15, 0.2) is 59.5 Å². The minimum Gasteiger partial charge on any atom is -0.382 e. The van der Waals surface area contributed by atoms with E-state index >= 15 is 0 Å². The van der Waals surface area contributed by atoms with Crippen LogP contribution in [0.4, 0.5) is 5.69 Å². The maximum atomic E-state index is 9.57. The molecule has 0 aromatic heterocycles. The minimum atomic E-state index is -0.309. The number of rotatable bonds is 4. The van der Waals surface area contributed by atoms with Crippen molar-refractivity contribution in [3.05, 3.63) is 60.2 Å². The lowest BCUT2D eigenvalue weighted by molar-refractivity contribution is 0.289. The largest absolute Gasteiger partial charge is 0.382 e. The fourth-order valence-electron chi connectivity index (χ4n) is 2.98. The second-order valence-corrected chi connectivity index (χ2v) is 6.42. The van der Waals surface area contributed by atoms with Gasteiger partial charge in [0, 0.05) is 16.6 Å². The number of nitriles is 1. The van der Waals surface area contributed by atoms with Crippen molar-refractivity contribution < 1.29 is 0 Å². The van der Waals surface area contributed by atoms with Gasteiger partial charge < -0.3 is 5.32 Å². The third-order valence-corrected chi connectivity index (χ3v) is 4.90. The Morgan fingerprint density at radius 3 is 2.57 bits per heavy atom. The summed E-state index contributed by atoms with van der Waals surface area (Å²) in [7, 11) is 0. The van der Waals surface area contributed by atoms with E-state index in [1.54, 1.807) is 11.8 Å². The third-order valence-electron chi connectivity index (χ3n) is 4.17. The molecular formula is C18H18N2S. The van der Waals surface area contributed by atoms with Gasteiger partial charge in [-0.15, -0.1) is 11.8 Å². The van der Waals surface area contributed by atoms with Gasteiger partial charge in [0.2, 0.25) is 0 Å². The minimum absolute atomic E-state index is 0.309. The molecule has 0 atom stereocenters. The highest BCUT2D eigenvalue weighted by Crippen LogP contribution is 2.44. The Bertz CT molecular complexity index is 654. The standard InChI is InChI=1S/C18H18N2S/c1-21-17-9-5-8-15(10-17)20-16-11-18(12-16,13-19)14-6-3-2-4-7-14/h2-10,16,20H,11-12H2,1H3. The average Bonchev–Trinajstić information content (AvgIpc) is 2.51. The van der Waals surface area contributed by atoms with Crippen molar-refractivity contribution in [2.75, 3.05) is 11.6 Å². The molecule has 21 heavy (non-hydrogen) atoms. The topological polar surface area (TPSA) is 35.8 Å². The predicted molar refractivity (Wildman–Crippen MR) is 88.6 cm³/mol. The molecular weight excluding hydrogens is 276 g/mol. The second-order valence-electron chi connectivity index (χ2n) is 5.54. The summed E-state index contributed by atoms with van der Waals surface area (Å²) >= 11 is 1.74. The highest BCUT2D eigenvalue weighted by molar-refractivity contribution is 7.98. The Kier molecular flexibility index (Phi) is 3.90. The summed E-state index contributed by atoms with van der Waals surface area (Å²) in [6.07, 6.45) is 3.83. The predicted octanol–water partition coefficient (Wildman–Crippen LogP) is 4.44. The van der Waals surface area contributed by atoms with Gasteiger partial charge in [-0.3, -0.25) is 0 Å². The summed E-state index contributed by atoms with van der Waals surface area (Å²) < 4.78 is 0. The fraction of sp³-hybridized carbons (Fsp3) is 0.278. The summed E-state index contributed by atoms with van der Waals surface area (Å²) in [4.78, 5) is 1.26. The van der Waals surface area contributed by atoms with Gasteiger partial charge in [0.15, 0.2) is 0 Å². The van der Waals surface area contributed by atoms with Crippen LogP contribution < -0.4 is 5.32 Å². The van der Waals surface area contributed by atoms with E-state index in [0.29, 0.717) is 6.04 Å². The molecule has 3 rings (SSSR count). The van der Waals surface area contributed by atoms with Gasteiger partial charge in [0.25, 0.3) is 0 Å². The van der Waals surface area contributed by atoms with Crippen molar-refractivity contribution in [3.8, 4) is 6.07 Å². The van der Waals surface area contributed by atoms with Crippen molar-refractivity contribution in [1.82, 2.24) is 0 Å². The average molecular weight is 294 g/mol. The molecule has 0 heterocycles. The molecule has 2 aromatic carbocycles. The van der Waals surface area contributed by atoms with Crippen LogP contribution in [0.5, 0.6) is 0 Å². The lowest BCUT2D eigenvalue weighted by Gasteiger charge is -2.43. The zero-order valence-corrected chi connectivity index (χ0v) is 12.9. The van der Waals surface area contributed by atoms with Crippen molar-refractivity contribution in [2.24, 2.45) is 0 Å². The summed E-state index contributed by atoms with van der Waals surface area (Å²) in [5, 5.41) is 13.1. The normalized spacial score (nSPS) is 23.9. The van der Waals surface area contributed by atoms with E-state index in [-0.39, 0.29) is 5.41 Å². The lowest BCUT2D eigenvalue weighted by atomic mass is 9.62. The quantitative estimate of drug-likeness (QED) is 0.847. The summed E-state index contributed by atoms with van der Waals surface area (Å²) in [6.45, 7) is 0. The number of nitrogens with zero attached hydrogens (tertiary/aromatic N) is 1. The summed E-state index contributed by atoms with van der Waals surface area (Å²) in [6, 6.07) is 21.5. The summed E-state index contributed by atoms with van der Waals surface area (Å²) in [5.74, 6) is 0. The first kappa shape index (κ1) is 14.0. The number of benzene rings is 2. The van der Waals surface area contributed by atoms with E-state index in [1.165, 1.54) is 4.90 Å². The van der Waals surface area contributed by atoms with Gasteiger partial charge in [0.1, 0.15) is 0 Å². The molecule has 1 saturated carbocycles. The summed E-state index contributed by atoms with van der Waals surface area (Å²) in [5.41, 5.74) is 1.98. The smallest absolute Gasteiger partial charge is 0.0861 e. The Morgan fingerprint density at radius 2 is 1.90 bits per heavy atom. The van der Waals surface area contributed by atoms with Crippen molar-refractivity contribution in [3.63, 3.8) is 0 Å². The van der Waals surface area contributed by atoms with Crippen molar-refractivity contribution in [1.29, 1.82) is 5.26 Å². The molecule has 1 aliphatic rings. The van der Waals surface area contributed by atoms with Gasteiger partial charge in [-0.05, 0) is 42.9 Å². The molecule has 0 amide bonds. The van der Waals surface area contributed by atoms with Gasteiger partial charge in [-0.1, -0.05) is 36.4 Å². The van der Waals surface area contributed by atoms with Crippen molar-refractivity contribution in [2.45, 2.75) is 29.2 Å². The van der Waals surface area contributed by atoms with Crippen LogP contribution >= 0.6 is 11.8 Å². The highest BCUT2D eigenvalue weighted by Gasteiger charge is 2.46. The molecule has 1 N–H and O–H groups in total. The molecule has 1 fully saturated rings. The zero-order valence-electron chi connectivity index (χ0n) is 12.0. The number of hydrogen-bond donors (Lipinski definition) is 1. The van der Waals surface area contributed by atoms with Gasteiger partial charge in [-0.2, -0.15) is 5.26 Å². The number of nitrogens with one attached hydrogen (secondary N) is 1. The van der Waals surface area contributed by atoms with Crippen molar-refractivity contribution >= 4 is 17.4 Å². The number of thioether (sulfide) groups is 1. The van der Waals surface area contributed by atoms with E-state index in [2.05, 4.69) is 54.0 Å². The molecule has 106 valence electrons. The number of hydrogen-bond acceptors (Lipinski definition) is 3. The molecule has 0 unspecified atom stereocenters. The van der Waals surface area contributed by atoms with E-state index < -0.39 is 0 Å². The SMILES string of the molecule is CSc1cccc(NC2CC(C#N)(c3ccccc3)C2)c1. The molecule has 1 aliphatic carbocycles. The van der Waals surface area contributed by atoms with E-state index in [0.717, 1.165) is 24.1 Å². The first-order chi connectivity index (χ1) is 10.3. The molecule has 0 spiro atoms. The van der Waals surface area contributed by atoms with Crippen LogP contribution in [0.25, 0.3) is 0 Å². The molecule has 0 bridgehead atoms. The van der Waals surface area contributed by atoms with Crippen LogP contribution in [-0.2, 0) is 5.41 Å². The fourth-order valence-corrected chi connectivity index (χ4v) is 3.44. The Balaban J connectivity index is 1.68. The zero-order chi connectivity index (χ0) is 14.7. The van der Waals surface area contributed by atoms with Gasteiger partial charge in [0.05, 0.1) is 11.5 Å². The maximum absolute atomic E-state index is 9.57. The van der Waals surface area contributed by atoms with Crippen LogP contribution in [0.1, 0.15) is 18.4 Å². The third kappa shape index (κ3) is 2.77. The number of anilines is 1.